The van der Waals surface area contributed by atoms with Crippen LogP contribution in [0.2, 0.25) is 0 Å². The second-order valence-corrected chi connectivity index (χ2v) is 5.46. The number of nitrogens with one attached hydrogen (secondary N) is 2. The smallest absolute Gasteiger partial charge is 0.276 e. The first-order chi connectivity index (χ1) is 12.7. The van der Waals surface area contributed by atoms with Gasteiger partial charge in [-0.2, -0.15) is 0 Å². The molecule has 4 rings (SSSR count). The molecule has 0 radical (unpaired) electrons. The van der Waals surface area contributed by atoms with E-state index in [-0.39, 0.29) is 18.3 Å². The van der Waals surface area contributed by atoms with Gasteiger partial charge in [-0.3, -0.25) is 4.79 Å². The first-order valence-electron chi connectivity index (χ1n) is 7.75. The normalized spacial score (nSPS) is 11.9. The van der Waals surface area contributed by atoms with Crippen LogP contribution in [0.25, 0.3) is 0 Å². The number of nitrogens with zero attached hydrogens (tertiary/aromatic N) is 2. The van der Waals surface area contributed by atoms with Crippen molar-refractivity contribution < 1.29 is 18.7 Å². The van der Waals surface area contributed by atoms with Gasteiger partial charge in [0.15, 0.2) is 23.0 Å². The molecule has 0 saturated carbocycles. The van der Waals surface area contributed by atoms with Crippen molar-refractivity contribution in [2.45, 2.75) is 0 Å². The lowest BCUT2D eigenvalue weighted by Crippen LogP contribution is -2.14. The SMILES string of the molecule is O=C(Nc1ccc2c(c1)OCO2)c1ccc(Nc2ccc(F)cc2)nn1. The van der Waals surface area contributed by atoms with E-state index in [0.29, 0.717) is 28.7 Å². The number of fused-ring (bicyclic) bond motifs is 1. The van der Waals surface area contributed by atoms with Gasteiger partial charge in [0.1, 0.15) is 5.82 Å². The minimum atomic E-state index is -0.398. The second kappa shape index (κ2) is 6.67. The number of halogens is 1. The van der Waals surface area contributed by atoms with Crippen molar-refractivity contribution in [3.63, 3.8) is 0 Å². The van der Waals surface area contributed by atoms with Crippen LogP contribution in [0.15, 0.2) is 54.6 Å². The number of aromatic nitrogens is 2. The number of carbonyl (C=O) groups is 1. The maximum atomic E-state index is 12.9. The highest BCUT2D eigenvalue weighted by molar-refractivity contribution is 6.03. The van der Waals surface area contributed by atoms with E-state index in [4.69, 9.17) is 9.47 Å². The van der Waals surface area contributed by atoms with E-state index in [9.17, 15) is 9.18 Å². The van der Waals surface area contributed by atoms with Crippen LogP contribution in [0.5, 0.6) is 11.5 Å². The molecule has 8 heteroatoms. The minimum absolute atomic E-state index is 0.160. The Morgan fingerprint density at radius 1 is 0.923 bits per heavy atom. The molecule has 1 aromatic heterocycles. The first-order valence-corrected chi connectivity index (χ1v) is 7.75. The van der Waals surface area contributed by atoms with Gasteiger partial charge in [0.05, 0.1) is 0 Å². The largest absolute Gasteiger partial charge is 0.454 e. The summed E-state index contributed by atoms with van der Waals surface area (Å²) >= 11 is 0. The highest BCUT2D eigenvalue weighted by Gasteiger charge is 2.15. The summed E-state index contributed by atoms with van der Waals surface area (Å²) in [4.78, 5) is 12.3. The zero-order valence-corrected chi connectivity index (χ0v) is 13.4. The number of anilines is 3. The fourth-order valence-corrected chi connectivity index (χ4v) is 2.37. The molecule has 1 aliphatic heterocycles. The fourth-order valence-electron chi connectivity index (χ4n) is 2.37. The quantitative estimate of drug-likeness (QED) is 0.749. The number of amides is 1. The Bertz CT molecular complexity index is 946. The number of ether oxygens (including phenoxy) is 2. The molecule has 0 fully saturated rings. The lowest BCUT2D eigenvalue weighted by Gasteiger charge is -2.07. The van der Waals surface area contributed by atoms with Crippen molar-refractivity contribution in [1.29, 1.82) is 0 Å². The van der Waals surface area contributed by atoms with Crippen LogP contribution in [0.3, 0.4) is 0 Å². The Morgan fingerprint density at radius 2 is 1.69 bits per heavy atom. The molecule has 1 amide bonds. The molecule has 0 unspecified atom stereocenters. The van der Waals surface area contributed by atoms with Crippen molar-refractivity contribution in [3.8, 4) is 11.5 Å². The predicted molar refractivity (Wildman–Crippen MR) is 92.2 cm³/mol. The summed E-state index contributed by atoms with van der Waals surface area (Å²) in [5, 5.41) is 13.6. The van der Waals surface area contributed by atoms with Gasteiger partial charge in [-0.05, 0) is 48.5 Å². The van der Waals surface area contributed by atoms with Gasteiger partial charge in [0.25, 0.3) is 5.91 Å². The Hall–Kier alpha value is -3.68. The van der Waals surface area contributed by atoms with E-state index >= 15 is 0 Å². The lowest BCUT2D eigenvalue weighted by atomic mass is 10.2. The average molecular weight is 352 g/mol. The zero-order chi connectivity index (χ0) is 17.9. The fraction of sp³-hybridized carbons (Fsp3) is 0.0556. The van der Waals surface area contributed by atoms with Gasteiger partial charge in [0.2, 0.25) is 6.79 Å². The van der Waals surface area contributed by atoms with Gasteiger partial charge < -0.3 is 20.1 Å². The number of hydrogen-bond acceptors (Lipinski definition) is 6. The molecule has 130 valence electrons. The van der Waals surface area contributed by atoms with Gasteiger partial charge in [0, 0.05) is 17.4 Å². The maximum Gasteiger partial charge on any atom is 0.276 e. The molecule has 7 nitrogen and oxygen atoms in total. The molecular formula is C18H13FN4O3. The minimum Gasteiger partial charge on any atom is -0.454 e. The molecule has 0 saturated heterocycles. The zero-order valence-electron chi connectivity index (χ0n) is 13.4. The molecular weight excluding hydrogens is 339 g/mol. The van der Waals surface area contributed by atoms with Crippen molar-refractivity contribution in [3.05, 3.63) is 66.1 Å². The average Bonchev–Trinajstić information content (AvgIpc) is 3.12. The Kier molecular flexibility index (Phi) is 4.06. The molecule has 0 bridgehead atoms. The van der Waals surface area contributed by atoms with Crippen LogP contribution in [0.4, 0.5) is 21.6 Å². The Morgan fingerprint density at radius 3 is 2.46 bits per heavy atom. The summed E-state index contributed by atoms with van der Waals surface area (Å²) in [5.74, 6) is 0.935. The molecule has 1 aliphatic rings. The third kappa shape index (κ3) is 3.39. The highest BCUT2D eigenvalue weighted by Crippen LogP contribution is 2.34. The van der Waals surface area contributed by atoms with Gasteiger partial charge >= 0.3 is 0 Å². The molecule has 2 N–H and O–H groups in total. The summed E-state index contributed by atoms with van der Waals surface area (Å²) in [5.41, 5.74) is 1.39. The summed E-state index contributed by atoms with van der Waals surface area (Å²) in [6, 6.07) is 14.1. The van der Waals surface area contributed by atoms with Gasteiger partial charge in [-0.25, -0.2) is 4.39 Å². The maximum absolute atomic E-state index is 12.9. The van der Waals surface area contributed by atoms with Crippen LogP contribution < -0.4 is 20.1 Å². The van der Waals surface area contributed by atoms with Crippen LogP contribution >= 0.6 is 0 Å². The molecule has 2 heterocycles. The van der Waals surface area contributed by atoms with Crippen molar-refractivity contribution in [2.75, 3.05) is 17.4 Å². The third-order valence-electron chi connectivity index (χ3n) is 3.64. The Labute approximate surface area is 147 Å². The summed E-state index contributed by atoms with van der Waals surface area (Å²) in [7, 11) is 0. The lowest BCUT2D eigenvalue weighted by molar-refractivity contribution is 0.102. The van der Waals surface area contributed by atoms with Gasteiger partial charge in [-0.15, -0.1) is 10.2 Å². The summed E-state index contributed by atoms with van der Waals surface area (Å²) < 4.78 is 23.4. The van der Waals surface area contributed by atoms with E-state index in [0.717, 1.165) is 0 Å². The number of carbonyl (C=O) groups excluding carboxylic acids is 1. The van der Waals surface area contributed by atoms with Crippen LogP contribution in [-0.4, -0.2) is 22.9 Å². The van der Waals surface area contributed by atoms with E-state index in [2.05, 4.69) is 20.8 Å². The summed E-state index contributed by atoms with van der Waals surface area (Å²) in [6.45, 7) is 0.167. The number of rotatable bonds is 4. The van der Waals surface area contributed by atoms with Crippen molar-refractivity contribution in [2.24, 2.45) is 0 Å². The molecule has 0 atom stereocenters. The van der Waals surface area contributed by atoms with Crippen LogP contribution in [-0.2, 0) is 0 Å². The molecule has 3 aromatic rings. The summed E-state index contributed by atoms with van der Waals surface area (Å²) in [6.07, 6.45) is 0. The third-order valence-corrected chi connectivity index (χ3v) is 3.64. The van der Waals surface area contributed by atoms with Crippen molar-refractivity contribution >= 4 is 23.1 Å². The van der Waals surface area contributed by atoms with Crippen LogP contribution in [0.1, 0.15) is 10.5 Å². The molecule has 0 aliphatic carbocycles. The van der Waals surface area contributed by atoms with E-state index in [1.807, 2.05) is 0 Å². The topological polar surface area (TPSA) is 85.4 Å². The van der Waals surface area contributed by atoms with Crippen LogP contribution in [0, 0.1) is 5.82 Å². The van der Waals surface area contributed by atoms with Crippen molar-refractivity contribution in [1.82, 2.24) is 10.2 Å². The molecule has 0 spiro atoms. The second-order valence-electron chi connectivity index (χ2n) is 5.46. The highest BCUT2D eigenvalue weighted by atomic mass is 19.1. The Balaban J connectivity index is 1.42. The van der Waals surface area contributed by atoms with E-state index < -0.39 is 5.91 Å². The van der Waals surface area contributed by atoms with Gasteiger partial charge in [-0.1, -0.05) is 0 Å². The predicted octanol–water partition coefficient (Wildman–Crippen LogP) is 3.34. The van der Waals surface area contributed by atoms with E-state index in [1.54, 1.807) is 42.5 Å². The molecule has 26 heavy (non-hydrogen) atoms. The monoisotopic (exact) mass is 352 g/mol. The number of benzene rings is 2. The number of hydrogen-bond donors (Lipinski definition) is 2. The first kappa shape index (κ1) is 15.8. The van der Waals surface area contributed by atoms with E-state index in [1.165, 1.54) is 12.1 Å². The molecule has 2 aromatic carbocycles. The standard InChI is InChI=1S/C18H13FN4O3/c19-11-1-3-12(4-2-11)20-17-8-6-14(22-23-17)18(24)21-13-5-7-15-16(9-13)26-10-25-15/h1-9H,10H2,(H,20,23)(H,21,24).